The topological polar surface area (TPSA) is 18.5 Å². The third-order valence-electron chi connectivity index (χ3n) is 2.46. The van der Waals surface area contributed by atoms with Crippen molar-refractivity contribution in [3.05, 3.63) is 0 Å². The summed E-state index contributed by atoms with van der Waals surface area (Å²) in [6.07, 6.45) is 0. The zero-order chi connectivity index (χ0) is 10.9. The summed E-state index contributed by atoms with van der Waals surface area (Å²) in [7, 11) is 15.9. The molecule has 0 aliphatic rings. The van der Waals surface area contributed by atoms with Crippen LogP contribution in [0.4, 0.5) is 4.39 Å². The molecule has 13 heavy (non-hydrogen) atoms. The van der Waals surface area contributed by atoms with Crippen molar-refractivity contribution in [2.75, 3.05) is 14.2 Å². The maximum atomic E-state index is 13.7. The van der Waals surface area contributed by atoms with Gasteiger partial charge in [-0.3, -0.25) is 0 Å². The van der Waals surface area contributed by atoms with Gasteiger partial charge >= 0.3 is 0 Å². The van der Waals surface area contributed by atoms with Crippen LogP contribution in [0.25, 0.3) is 0 Å². The Morgan fingerprint density at radius 3 is 1.77 bits per heavy atom. The molecule has 0 heterocycles. The molecule has 4 radical (unpaired) electrons. The second-order valence-corrected chi connectivity index (χ2v) is 4.11. The van der Waals surface area contributed by atoms with Crippen molar-refractivity contribution in [3.8, 4) is 0 Å². The van der Waals surface area contributed by atoms with Gasteiger partial charge in [-0.05, 0) is 6.92 Å². The molecule has 0 rings (SSSR count). The maximum absolute atomic E-state index is 13.7. The van der Waals surface area contributed by atoms with Crippen molar-refractivity contribution in [3.63, 3.8) is 0 Å². The van der Waals surface area contributed by atoms with Gasteiger partial charge in [0.15, 0.2) is 0 Å². The lowest BCUT2D eigenvalue weighted by Gasteiger charge is -2.48. The molecule has 2 nitrogen and oxygen atoms in total. The summed E-state index contributed by atoms with van der Waals surface area (Å²) in [5.41, 5.74) is -3.45. The van der Waals surface area contributed by atoms with E-state index in [1.54, 1.807) is 0 Å². The van der Waals surface area contributed by atoms with Gasteiger partial charge in [-0.15, -0.1) is 0 Å². The Kier molecular flexibility index (Phi) is 4.00. The van der Waals surface area contributed by atoms with E-state index in [0.717, 1.165) is 0 Å². The second kappa shape index (κ2) is 3.88. The lowest BCUT2D eigenvalue weighted by atomic mass is 9.52. The minimum Gasteiger partial charge on any atom is -0.388 e. The fraction of sp³-hybridized carbons (Fsp3) is 1.00. The first-order chi connectivity index (χ1) is 5.62. The van der Waals surface area contributed by atoms with E-state index in [-0.39, 0.29) is 0 Å². The summed E-state index contributed by atoms with van der Waals surface area (Å²) in [6.45, 7) is 2.91. The third kappa shape index (κ3) is 2.26. The Hall–Kier alpha value is 0.410. The van der Waals surface area contributed by atoms with Crippen LogP contribution in [0, 0.1) is 0 Å². The van der Waals surface area contributed by atoms with Crippen LogP contribution in [0.1, 0.15) is 13.8 Å². The highest BCUT2D eigenvalue weighted by molar-refractivity contribution is 7.18. The second-order valence-electron chi connectivity index (χ2n) is 3.36. The summed E-state index contributed by atoms with van der Waals surface area (Å²) >= 11 is 0. The van der Waals surface area contributed by atoms with Crippen LogP contribution in [0.2, 0.25) is 5.31 Å². The highest BCUT2D eigenvalue weighted by atomic mass is 31.0. The van der Waals surface area contributed by atoms with Crippen molar-refractivity contribution in [2.45, 2.75) is 30.3 Å². The average Bonchev–Trinajstić information content (AvgIpc) is 2.03. The maximum Gasteiger partial charge on any atom is 0.220 e. The first kappa shape index (κ1) is 13.4. The van der Waals surface area contributed by atoms with Gasteiger partial charge in [0.25, 0.3) is 0 Å². The van der Waals surface area contributed by atoms with E-state index in [2.05, 4.69) is 4.74 Å². The Labute approximate surface area is 84.0 Å². The van der Waals surface area contributed by atoms with Crippen LogP contribution in [0.3, 0.4) is 0 Å². The van der Waals surface area contributed by atoms with Gasteiger partial charge in [-0.25, -0.2) is 4.39 Å². The minimum absolute atomic E-state index is 1.21. The van der Waals surface area contributed by atoms with Gasteiger partial charge in [0.05, 0.1) is 7.85 Å². The highest BCUT2D eigenvalue weighted by Gasteiger charge is 2.51. The number of hydrogen-bond acceptors (Lipinski definition) is 2. The van der Waals surface area contributed by atoms with Crippen LogP contribution in [0.15, 0.2) is 0 Å². The summed E-state index contributed by atoms with van der Waals surface area (Å²) in [5.74, 6) is 0. The van der Waals surface area contributed by atoms with Gasteiger partial charge in [0, 0.05) is 25.0 Å². The van der Waals surface area contributed by atoms with Crippen molar-refractivity contribution in [1.29, 1.82) is 0 Å². The number of hydrogen-bond donors (Lipinski definition) is 0. The van der Waals surface area contributed by atoms with Gasteiger partial charge in [0.1, 0.15) is 7.85 Å². The molecule has 0 aromatic heterocycles. The summed E-state index contributed by atoms with van der Waals surface area (Å²) in [4.78, 5) is 0. The molecular weight excluding hydrogens is 188 g/mol. The summed E-state index contributed by atoms with van der Waals surface area (Å²) in [5, 5.41) is -1.48. The van der Waals surface area contributed by atoms with Crippen LogP contribution < -0.4 is 0 Å². The molecule has 0 saturated heterocycles. The Bertz CT molecular complexity index is 167. The van der Waals surface area contributed by atoms with Gasteiger partial charge in [-0.1, -0.05) is 16.2 Å². The molecule has 0 aliphatic carbocycles. The lowest BCUT2D eigenvalue weighted by molar-refractivity contribution is -0.118. The molecule has 0 spiro atoms. The number of halogens is 1. The van der Waals surface area contributed by atoms with Crippen LogP contribution in [-0.4, -0.2) is 41.0 Å². The minimum atomic E-state index is -2.13. The van der Waals surface area contributed by atoms with E-state index in [0.29, 0.717) is 0 Å². The smallest absolute Gasteiger partial charge is 0.220 e. The van der Waals surface area contributed by atoms with Gasteiger partial charge < -0.3 is 9.47 Å². The fourth-order valence-electron chi connectivity index (χ4n) is 0.762. The number of alkyl halides is 1. The van der Waals surface area contributed by atoms with E-state index in [4.69, 9.17) is 20.4 Å². The van der Waals surface area contributed by atoms with E-state index in [1.807, 2.05) is 9.24 Å². The predicted molar refractivity (Wildman–Crippen MR) is 55.8 cm³/mol. The standard InChI is InChI=1S/C7H14B2FO2P/c1-5(8,6(2,9)11-3)7(10,13)12-4/h13H2,1-4H3. The fourth-order valence-corrected chi connectivity index (χ4v) is 1.05. The molecule has 4 atom stereocenters. The van der Waals surface area contributed by atoms with Crippen molar-refractivity contribution >= 4 is 24.9 Å². The third-order valence-corrected chi connectivity index (χ3v) is 3.30. The molecule has 0 aromatic carbocycles. The molecule has 0 N–H and O–H groups in total. The van der Waals surface area contributed by atoms with Crippen molar-refractivity contribution in [2.24, 2.45) is 0 Å². The normalized spacial score (nSPS) is 25.7. The SMILES string of the molecule is [B]C(C)(OC)C([B])(C)C(F)(P)OC. The van der Waals surface area contributed by atoms with Crippen LogP contribution in [0.5, 0.6) is 0 Å². The molecule has 4 unspecified atom stereocenters. The zero-order valence-corrected chi connectivity index (χ0v) is 9.58. The molecule has 0 bridgehead atoms. The Balaban J connectivity index is 4.95. The molecule has 6 heteroatoms. The largest absolute Gasteiger partial charge is 0.388 e. The van der Waals surface area contributed by atoms with Gasteiger partial charge in [-0.2, -0.15) is 0 Å². The first-order valence-electron chi connectivity index (χ1n) is 3.78. The quantitative estimate of drug-likeness (QED) is 0.500. The number of ether oxygens (including phenoxy) is 2. The summed E-state index contributed by atoms with van der Waals surface area (Å²) in [6, 6.07) is 0. The van der Waals surface area contributed by atoms with Gasteiger partial charge in [0.2, 0.25) is 5.60 Å². The van der Waals surface area contributed by atoms with Crippen molar-refractivity contribution in [1.82, 2.24) is 0 Å². The number of rotatable bonds is 4. The van der Waals surface area contributed by atoms with Crippen molar-refractivity contribution < 1.29 is 13.9 Å². The lowest BCUT2D eigenvalue weighted by Crippen LogP contribution is -2.51. The van der Waals surface area contributed by atoms with E-state index in [1.165, 1.54) is 28.1 Å². The molecule has 0 aliphatic heterocycles. The molecule has 72 valence electrons. The Morgan fingerprint density at radius 2 is 1.54 bits per heavy atom. The summed E-state index contributed by atoms with van der Waals surface area (Å²) < 4.78 is 23.2. The van der Waals surface area contributed by atoms with E-state index >= 15 is 0 Å². The van der Waals surface area contributed by atoms with E-state index < -0.39 is 16.4 Å². The van der Waals surface area contributed by atoms with Crippen LogP contribution in [-0.2, 0) is 9.47 Å². The number of methoxy groups -OCH3 is 2. The zero-order valence-electron chi connectivity index (χ0n) is 8.43. The molecular formula is C7H14B2FO2P. The molecule has 0 fully saturated rings. The molecule has 0 amide bonds. The first-order valence-corrected chi connectivity index (χ1v) is 4.36. The highest BCUT2D eigenvalue weighted by Crippen LogP contribution is 2.51. The predicted octanol–water partition coefficient (Wildman–Crippen LogP) is 1.01. The molecule has 0 aromatic rings. The van der Waals surface area contributed by atoms with E-state index in [9.17, 15) is 4.39 Å². The molecule has 0 saturated carbocycles. The van der Waals surface area contributed by atoms with Crippen LogP contribution >= 0.6 is 9.24 Å². The Morgan fingerprint density at radius 1 is 1.15 bits per heavy atom. The average molecular weight is 202 g/mol. The monoisotopic (exact) mass is 202 g/mol.